The molecule has 0 radical (unpaired) electrons. The summed E-state index contributed by atoms with van der Waals surface area (Å²) in [6, 6.07) is 19.4. The molecule has 22 heavy (non-hydrogen) atoms. The van der Waals surface area contributed by atoms with Crippen molar-refractivity contribution in [2.24, 2.45) is 0 Å². The van der Waals surface area contributed by atoms with Crippen LogP contribution in [0.15, 0.2) is 54.6 Å². The molecule has 0 bridgehead atoms. The van der Waals surface area contributed by atoms with Gasteiger partial charge in [0.1, 0.15) is 5.75 Å². The number of rotatable bonds is 9. The van der Waals surface area contributed by atoms with Crippen molar-refractivity contribution < 1.29 is 4.74 Å². The van der Waals surface area contributed by atoms with Gasteiger partial charge in [0.2, 0.25) is 0 Å². The topological polar surface area (TPSA) is 21.3 Å². The molecule has 0 heterocycles. The van der Waals surface area contributed by atoms with Gasteiger partial charge in [0.25, 0.3) is 0 Å². The molecule has 0 spiro atoms. The molecule has 2 heteroatoms. The van der Waals surface area contributed by atoms with Crippen molar-refractivity contribution in [3.8, 4) is 5.75 Å². The van der Waals surface area contributed by atoms with E-state index in [1.807, 2.05) is 6.07 Å². The highest BCUT2D eigenvalue weighted by Crippen LogP contribution is 2.18. The lowest BCUT2D eigenvalue weighted by Crippen LogP contribution is -2.20. The third-order valence-electron chi connectivity index (χ3n) is 3.83. The van der Waals surface area contributed by atoms with Crippen molar-refractivity contribution in [2.75, 3.05) is 6.61 Å². The molecule has 1 N–H and O–H groups in total. The van der Waals surface area contributed by atoms with E-state index in [4.69, 9.17) is 4.74 Å². The lowest BCUT2D eigenvalue weighted by atomic mass is 10.0. The second kappa shape index (κ2) is 9.26. The number of benzene rings is 2. The molecule has 2 aromatic carbocycles. The van der Waals surface area contributed by atoms with Crippen LogP contribution in [0.5, 0.6) is 5.75 Å². The average molecular weight is 297 g/mol. The van der Waals surface area contributed by atoms with Gasteiger partial charge in [-0.15, -0.1) is 0 Å². The summed E-state index contributed by atoms with van der Waals surface area (Å²) < 4.78 is 5.78. The first-order valence-corrected chi connectivity index (χ1v) is 8.33. The number of hydrogen-bond acceptors (Lipinski definition) is 2. The average Bonchev–Trinajstić information content (AvgIpc) is 2.57. The number of ether oxygens (including phenoxy) is 1. The maximum absolute atomic E-state index is 5.78. The van der Waals surface area contributed by atoms with Crippen molar-refractivity contribution in [3.63, 3.8) is 0 Å². The third kappa shape index (κ3) is 5.19. The van der Waals surface area contributed by atoms with Crippen LogP contribution in [0.1, 0.15) is 50.3 Å². The van der Waals surface area contributed by atoms with Crippen LogP contribution in [0.25, 0.3) is 0 Å². The van der Waals surface area contributed by atoms with E-state index >= 15 is 0 Å². The molecular weight excluding hydrogens is 270 g/mol. The minimum Gasteiger partial charge on any atom is -0.494 e. The Morgan fingerprint density at radius 3 is 2.55 bits per heavy atom. The molecule has 1 unspecified atom stereocenters. The van der Waals surface area contributed by atoms with E-state index in [0.29, 0.717) is 6.04 Å². The summed E-state index contributed by atoms with van der Waals surface area (Å²) in [5.41, 5.74) is 2.61. The first-order chi connectivity index (χ1) is 10.8. The number of unbranched alkanes of at least 4 members (excludes halogenated alkanes) is 1. The first-order valence-electron chi connectivity index (χ1n) is 8.33. The Bertz CT molecular complexity index is 538. The van der Waals surface area contributed by atoms with Crippen LogP contribution in [-0.2, 0) is 6.54 Å². The second-order valence-electron chi connectivity index (χ2n) is 5.60. The molecule has 118 valence electrons. The lowest BCUT2D eigenvalue weighted by molar-refractivity contribution is 0.309. The fourth-order valence-corrected chi connectivity index (χ4v) is 2.50. The predicted octanol–water partition coefficient (Wildman–Crippen LogP) is 5.11. The summed E-state index contributed by atoms with van der Waals surface area (Å²) in [6.07, 6.45) is 3.35. The Morgan fingerprint density at radius 2 is 1.82 bits per heavy atom. The highest BCUT2D eigenvalue weighted by molar-refractivity contribution is 5.28. The Hall–Kier alpha value is -1.80. The molecule has 1 atom stereocenters. The van der Waals surface area contributed by atoms with Crippen LogP contribution in [0.2, 0.25) is 0 Å². The zero-order valence-electron chi connectivity index (χ0n) is 13.7. The van der Waals surface area contributed by atoms with Gasteiger partial charge in [-0.05, 0) is 36.1 Å². The van der Waals surface area contributed by atoms with E-state index in [1.54, 1.807) is 0 Å². The maximum Gasteiger partial charge on any atom is 0.119 e. The number of nitrogens with one attached hydrogen (secondary N) is 1. The van der Waals surface area contributed by atoms with Gasteiger partial charge >= 0.3 is 0 Å². The fraction of sp³-hybridized carbons (Fsp3) is 0.400. The molecule has 0 amide bonds. The van der Waals surface area contributed by atoms with E-state index in [-0.39, 0.29) is 0 Å². The summed E-state index contributed by atoms with van der Waals surface area (Å²) >= 11 is 0. The summed E-state index contributed by atoms with van der Waals surface area (Å²) in [4.78, 5) is 0. The van der Waals surface area contributed by atoms with Crippen LogP contribution in [-0.4, -0.2) is 6.61 Å². The van der Waals surface area contributed by atoms with Gasteiger partial charge in [-0.1, -0.05) is 62.7 Å². The summed E-state index contributed by atoms with van der Waals surface area (Å²) in [5, 5.41) is 3.64. The van der Waals surface area contributed by atoms with E-state index in [0.717, 1.165) is 38.2 Å². The van der Waals surface area contributed by atoms with Crippen molar-refractivity contribution in [1.82, 2.24) is 5.32 Å². The van der Waals surface area contributed by atoms with Crippen molar-refractivity contribution in [3.05, 3.63) is 65.7 Å². The van der Waals surface area contributed by atoms with Crippen LogP contribution >= 0.6 is 0 Å². The highest BCUT2D eigenvalue weighted by atomic mass is 16.5. The summed E-state index contributed by atoms with van der Waals surface area (Å²) in [7, 11) is 0. The molecule has 0 aliphatic carbocycles. The van der Waals surface area contributed by atoms with Gasteiger partial charge < -0.3 is 10.1 Å². The largest absolute Gasteiger partial charge is 0.494 e. The molecule has 0 saturated heterocycles. The Kier molecular flexibility index (Phi) is 6.98. The monoisotopic (exact) mass is 297 g/mol. The Morgan fingerprint density at radius 1 is 1.00 bits per heavy atom. The van der Waals surface area contributed by atoms with Gasteiger partial charge in [0.15, 0.2) is 0 Å². The molecule has 0 fully saturated rings. The molecule has 2 nitrogen and oxygen atoms in total. The lowest BCUT2D eigenvalue weighted by Gasteiger charge is -2.18. The zero-order chi connectivity index (χ0) is 15.6. The summed E-state index contributed by atoms with van der Waals surface area (Å²) in [5.74, 6) is 0.973. The van der Waals surface area contributed by atoms with E-state index in [2.05, 4.69) is 67.7 Å². The van der Waals surface area contributed by atoms with E-state index in [1.165, 1.54) is 11.1 Å². The highest BCUT2D eigenvalue weighted by Gasteiger charge is 2.08. The SMILES string of the molecule is CCCCOc1cccc(CNC(CC)c2ccccc2)c1. The van der Waals surface area contributed by atoms with Crippen LogP contribution in [0.4, 0.5) is 0 Å². The van der Waals surface area contributed by atoms with E-state index in [9.17, 15) is 0 Å². The van der Waals surface area contributed by atoms with Gasteiger partial charge in [-0.2, -0.15) is 0 Å². The molecule has 2 aromatic rings. The minimum atomic E-state index is 0.394. The van der Waals surface area contributed by atoms with Crippen LogP contribution in [0.3, 0.4) is 0 Å². The molecule has 0 saturated carbocycles. The molecular formula is C20H27NO. The fourth-order valence-electron chi connectivity index (χ4n) is 2.50. The molecule has 0 aromatic heterocycles. The maximum atomic E-state index is 5.78. The van der Waals surface area contributed by atoms with Gasteiger partial charge in [0.05, 0.1) is 6.61 Å². The number of hydrogen-bond donors (Lipinski definition) is 1. The van der Waals surface area contributed by atoms with Gasteiger partial charge in [0, 0.05) is 12.6 Å². The third-order valence-corrected chi connectivity index (χ3v) is 3.83. The van der Waals surface area contributed by atoms with Gasteiger partial charge in [-0.3, -0.25) is 0 Å². The van der Waals surface area contributed by atoms with Crippen LogP contribution in [0, 0.1) is 0 Å². The van der Waals surface area contributed by atoms with Crippen molar-refractivity contribution in [1.29, 1.82) is 0 Å². The molecule has 0 aliphatic rings. The first kappa shape index (κ1) is 16.6. The second-order valence-corrected chi connectivity index (χ2v) is 5.60. The van der Waals surface area contributed by atoms with E-state index < -0.39 is 0 Å². The van der Waals surface area contributed by atoms with Crippen molar-refractivity contribution in [2.45, 2.75) is 45.7 Å². The Balaban J connectivity index is 1.91. The van der Waals surface area contributed by atoms with Gasteiger partial charge in [-0.25, -0.2) is 0 Å². The van der Waals surface area contributed by atoms with Crippen molar-refractivity contribution >= 4 is 0 Å². The Labute approximate surface area is 134 Å². The minimum absolute atomic E-state index is 0.394. The smallest absolute Gasteiger partial charge is 0.119 e. The normalized spacial score (nSPS) is 12.1. The van der Waals surface area contributed by atoms with Crippen LogP contribution < -0.4 is 10.1 Å². The standard InChI is InChI=1S/C20H27NO/c1-3-5-14-22-19-13-9-10-17(15-19)16-21-20(4-2)18-11-7-6-8-12-18/h6-13,15,20-21H,3-5,14,16H2,1-2H3. The quantitative estimate of drug-likeness (QED) is 0.650. The molecule has 2 rings (SSSR count). The zero-order valence-corrected chi connectivity index (χ0v) is 13.7. The summed E-state index contributed by atoms with van der Waals surface area (Å²) in [6.45, 7) is 6.06. The predicted molar refractivity (Wildman–Crippen MR) is 93.2 cm³/mol. The molecule has 0 aliphatic heterocycles.